The average Bonchev–Trinajstić information content (AvgIpc) is 3.03. The molecule has 23 heavy (non-hydrogen) atoms. The van der Waals surface area contributed by atoms with Gasteiger partial charge in [0.1, 0.15) is 24.2 Å². The number of rotatable bonds is 4. The van der Waals surface area contributed by atoms with Gasteiger partial charge in [0.25, 0.3) is 0 Å². The van der Waals surface area contributed by atoms with Crippen LogP contribution in [-0.2, 0) is 11.2 Å². The van der Waals surface area contributed by atoms with E-state index in [0.29, 0.717) is 22.0 Å². The van der Waals surface area contributed by atoms with E-state index in [0.717, 1.165) is 0 Å². The van der Waals surface area contributed by atoms with Gasteiger partial charge in [0.2, 0.25) is 5.91 Å². The smallest absolute Gasteiger partial charge is 0.228 e. The zero-order valence-electron chi connectivity index (χ0n) is 11.9. The molecule has 0 bridgehead atoms. The highest BCUT2D eigenvalue weighted by atomic mass is 35.5. The zero-order valence-corrected chi connectivity index (χ0v) is 12.7. The molecule has 0 radical (unpaired) electrons. The molecule has 1 aromatic heterocycles. The number of hydrogen-bond donors (Lipinski definition) is 1. The lowest BCUT2D eigenvalue weighted by Gasteiger charge is -2.12. The second kappa shape index (κ2) is 6.58. The molecule has 3 aromatic rings. The molecule has 7 heteroatoms. The maximum atomic E-state index is 12.9. The van der Waals surface area contributed by atoms with E-state index in [4.69, 9.17) is 11.6 Å². The van der Waals surface area contributed by atoms with Crippen LogP contribution in [0.3, 0.4) is 0 Å². The molecule has 0 saturated heterocycles. The largest absolute Gasteiger partial charge is 0.324 e. The summed E-state index contributed by atoms with van der Waals surface area (Å²) in [5.41, 5.74) is 1.78. The van der Waals surface area contributed by atoms with Crippen LogP contribution in [0.2, 0.25) is 5.02 Å². The highest BCUT2D eigenvalue weighted by molar-refractivity contribution is 6.33. The molecular formula is C16H12ClFN4O. The number of halogens is 2. The molecular weight excluding hydrogens is 319 g/mol. The molecule has 0 saturated carbocycles. The van der Waals surface area contributed by atoms with Crippen molar-refractivity contribution in [2.45, 2.75) is 6.42 Å². The summed E-state index contributed by atoms with van der Waals surface area (Å²) in [4.78, 5) is 16.1. The quantitative estimate of drug-likeness (QED) is 0.799. The van der Waals surface area contributed by atoms with Gasteiger partial charge in [-0.3, -0.25) is 4.79 Å². The molecule has 3 rings (SSSR count). The van der Waals surface area contributed by atoms with E-state index >= 15 is 0 Å². The highest BCUT2D eigenvalue weighted by Crippen LogP contribution is 2.27. The van der Waals surface area contributed by atoms with Gasteiger partial charge >= 0.3 is 0 Å². The lowest BCUT2D eigenvalue weighted by Crippen LogP contribution is -2.16. The zero-order chi connectivity index (χ0) is 16.2. The normalized spacial score (nSPS) is 10.5. The first-order chi connectivity index (χ1) is 11.1. The van der Waals surface area contributed by atoms with Crippen LogP contribution in [0.4, 0.5) is 10.1 Å². The Bertz CT molecular complexity index is 819. The predicted octanol–water partition coefficient (Wildman–Crippen LogP) is 3.24. The van der Waals surface area contributed by atoms with Crippen LogP contribution in [0.5, 0.6) is 0 Å². The summed E-state index contributed by atoms with van der Waals surface area (Å²) < 4.78 is 14.4. The summed E-state index contributed by atoms with van der Waals surface area (Å²) in [7, 11) is 0. The average molecular weight is 331 g/mol. The van der Waals surface area contributed by atoms with Gasteiger partial charge in [-0.25, -0.2) is 14.1 Å². The predicted molar refractivity (Wildman–Crippen MR) is 85.1 cm³/mol. The molecule has 0 spiro atoms. The molecule has 0 aliphatic carbocycles. The van der Waals surface area contributed by atoms with Gasteiger partial charge in [-0.15, -0.1) is 0 Å². The Hall–Kier alpha value is -2.73. The van der Waals surface area contributed by atoms with Gasteiger partial charge in [0.15, 0.2) is 0 Å². The Morgan fingerprint density at radius 2 is 2.00 bits per heavy atom. The Morgan fingerprint density at radius 1 is 1.22 bits per heavy atom. The summed E-state index contributed by atoms with van der Waals surface area (Å²) in [6, 6.07) is 11.0. The van der Waals surface area contributed by atoms with Crippen molar-refractivity contribution >= 4 is 23.2 Å². The fourth-order valence-electron chi connectivity index (χ4n) is 2.15. The Labute approximate surface area is 136 Å². The molecule has 0 fully saturated rings. The van der Waals surface area contributed by atoms with Crippen LogP contribution in [0.1, 0.15) is 5.56 Å². The summed E-state index contributed by atoms with van der Waals surface area (Å²) >= 11 is 6.20. The van der Waals surface area contributed by atoms with E-state index in [9.17, 15) is 9.18 Å². The molecule has 0 unspecified atom stereocenters. The van der Waals surface area contributed by atoms with Gasteiger partial charge in [0, 0.05) is 0 Å². The topological polar surface area (TPSA) is 59.8 Å². The van der Waals surface area contributed by atoms with Crippen molar-refractivity contribution in [2.75, 3.05) is 5.32 Å². The Kier molecular flexibility index (Phi) is 4.34. The van der Waals surface area contributed by atoms with E-state index in [-0.39, 0.29) is 18.1 Å². The monoisotopic (exact) mass is 330 g/mol. The third-order valence-corrected chi connectivity index (χ3v) is 3.49. The molecule has 0 aliphatic rings. The van der Waals surface area contributed by atoms with Crippen LogP contribution < -0.4 is 5.32 Å². The molecule has 0 atom stereocenters. The maximum Gasteiger partial charge on any atom is 0.228 e. The van der Waals surface area contributed by atoms with Crippen molar-refractivity contribution in [3.63, 3.8) is 0 Å². The van der Waals surface area contributed by atoms with E-state index in [1.54, 1.807) is 30.3 Å². The first kappa shape index (κ1) is 15.2. The minimum absolute atomic E-state index is 0.129. The molecule has 1 N–H and O–H groups in total. The van der Waals surface area contributed by atoms with Crippen molar-refractivity contribution in [3.8, 4) is 5.69 Å². The van der Waals surface area contributed by atoms with Crippen LogP contribution in [0.25, 0.3) is 5.69 Å². The highest BCUT2D eigenvalue weighted by Gasteiger charge is 2.13. The lowest BCUT2D eigenvalue weighted by molar-refractivity contribution is -0.115. The number of hydrogen-bond acceptors (Lipinski definition) is 3. The minimum Gasteiger partial charge on any atom is -0.324 e. The molecule has 1 heterocycles. The first-order valence-electron chi connectivity index (χ1n) is 6.81. The maximum absolute atomic E-state index is 12.9. The molecule has 1 amide bonds. The summed E-state index contributed by atoms with van der Waals surface area (Å²) in [6.07, 6.45) is 3.01. The summed E-state index contributed by atoms with van der Waals surface area (Å²) in [5.74, 6) is -0.572. The van der Waals surface area contributed by atoms with E-state index in [1.165, 1.54) is 29.5 Å². The minimum atomic E-state index is -0.336. The summed E-state index contributed by atoms with van der Waals surface area (Å²) in [5, 5.41) is 7.27. The Morgan fingerprint density at radius 3 is 2.70 bits per heavy atom. The van der Waals surface area contributed by atoms with Crippen molar-refractivity contribution in [1.29, 1.82) is 0 Å². The standard InChI is InChI=1S/C16H12ClFN4O/c17-13-2-1-3-14(16(13)22-10-19-9-20-22)21-15(23)8-11-4-6-12(18)7-5-11/h1-7,9-10H,8H2,(H,21,23). The third kappa shape index (κ3) is 3.54. The van der Waals surface area contributed by atoms with Crippen molar-refractivity contribution < 1.29 is 9.18 Å². The fourth-order valence-corrected chi connectivity index (χ4v) is 2.42. The van der Waals surface area contributed by atoms with E-state index < -0.39 is 0 Å². The molecule has 5 nitrogen and oxygen atoms in total. The number of benzene rings is 2. The number of amides is 1. The number of nitrogens with one attached hydrogen (secondary N) is 1. The Balaban J connectivity index is 1.81. The van der Waals surface area contributed by atoms with Crippen LogP contribution >= 0.6 is 11.6 Å². The summed E-state index contributed by atoms with van der Waals surface area (Å²) in [6.45, 7) is 0. The van der Waals surface area contributed by atoms with Crippen molar-refractivity contribution in [2.24, 2.45) is 0 Å². The first-order valence-corrected chi connectivity index (χ1v) is 7.19. The third-order valence-electron chi connectivity index (χ3n) is 3.19. The van der Waals surface area contributed by atoms with E-state index in [2.05, 4.69) is 15.4 Å². The van der Waals surface area contributed by atoms with Gasteiger partial charge < -0.3 is 5.32 Å². The number of carbonyl (C=O) groups is 1. The van der Waals surface area contributed by atoms with Crippen molar-refractivity contribution in [3.05, 3.63) is 71.5 Å². The van der Waals surface area contributed by atoms with Gasteiger partial charge in [-0.1, -0.05) is 29.8 Å². The molecule has 116 valence electrons. The lowest BCUT2D eigenvalue weighted by atomic mass is 10.1. The van der Waals surface area contributed by atoms with E-state index in [1.807, 2.05) is 0 Å². The second-order valence-corrected chi connectivity index (χ2v) is 5.23. The van der Waals surface area contributed by atoms with Gasteiger partial charge in [-0.2, -0.15) is 5.10 Å². The van der Waals surface area contributed by atoms with Gasteiger partial charge in [0.05, 0.1) is 17.1 Å². The van der Waals surface area contributed by atoms with Crippen LogP contribution in [-0.4, -0.2) is 20.7 Å². The number of aromatic nitrogens is 3. The number of para-hydroxylation sites is 1. The number of nitrogens with zero attached hydrogens (tertiary/aromatic N) is 3. The van der Waals surface area contributed by atoms with Crippen molar-refractivity contribution in [1.82, 2.24) is 14.8 Å². The fraction of sp³-hybridized carbons (Fsp3) is 0.0625. The van der Waals surface area contributed by atoms with Crippen LogP contribution in [0, 0.1) is 5.82 Å². The molecule has 2 aromatic carbocycles. The SMILES string of the molecule is O=C(Cc1ccc(F)cc1)Nc1cccc(Cl)c1-n1cncn1. The number of anilines is 1. The molecule has 0 aliphatic heterocycles. The van der Waals surface area contributed by atoms with Crippen LogP contribution in [0.15, 0.2) is 55.1 Å². The number of carbonyl (C=O) groups excluding carboxylic acids is 1. The second-order valence-electron chi connectivity index (χ2n) is 4.83. The van der Waals surface area contributed by atoms with Gasteiger partial charge in [-0.05, 0) is 29.8 Å².